The molecule has 0 aliphatic rings. The molecule has 0 spiro atoms. The Labute approximate surface area is 151 Å². The average Bonchev–Trinajstić information content (AvgIpc) is 2.88. The Hall–Kier alpha value is -2.68. The van der Waals surface area contributed by atoms with Crippen LogP contribution >= 0.6 is 15.9 Å². The summed E-state index contributed by atoms with van der Waals surface area (Å²) in [6.07, 6.45) is 0. The molecule has 25 heavy (non-hydrogen) atoms. The third-order valence-corrected chi connectivity index (χ3v) is 4.00. The summed E-state index contributed by atoms with van der Waals surface area (Å²) in [4.78, 5) is 48.6. The van der Waals surface area contributed by atoms with Gasteiger partial charge >= 0.3 is 5.69 Å². The maximum absolute atomic E-state index is 12.7. The van der Waals surface area contributed by atoms with Gasteiger partial charge in [0.25, 0.3) is 5.91 Å². The van der Waals surface area contributed by atoms with E-state index in [2.05, 4.69) is 21.2 Å². The van der Waals surface area contributed by atoms with E-state index in [0.29, 0.717) is 16.0 Å². The van der Waals surface area contributed by atoms with Crippen LogP contribution in [0, 0.1) is 0 Å². The molecule has 0 fully saturated rings. The Morgan fingerprint density at radius 1 is 1.08 bits per heavy atom. The lowest BCUT2D eigenvalue weighted by Gasteiger charge is -2.08. The van der Waals surface area contributed by atoms with E-state index < -0.39 is 23.4 Å². The Kier molecular flexibility index (Phi) is 5.58. The summed E-state index contributed by atoms with van der Waals surface area (Å²) in [6.45, 7) is 2.33. The van der Waals surface area contributed by atoms with Gasteiger partial charge in [0.2, 0.25) is 11.8 Å². The Morgan fingerprint density at radius 3 is 2.08 bits per heavy atom. The summed E-state index contributed by atoms with van der Waals surface area (Å²) in [7, 11) is 1.52. The van der Waals surface area contributed by atoms with E-state index in [4.69, 9.17) is 4.74 Å². The first-order valence-electron chi connectivity index (χ1n) is 7.21. The van der Waals surface area contributed by atoms with Crippen molar-refractivity contribution in [2.24, 2.45) is 0 Å². The molecule has 2 rings (SSSR count). The second-order valence-electron chi connectivity index (χ2n) is 5.10. The summed E-state index contributed by atoms with van der Waals surface area (Å²) in [5, 5.41) is 2.66. The van der Waals surface area contributed by atoms with Gasteiger partial charge in [0, 0.05) is 24.9 Å². The molecule has 0 bridgehead atoms. The molecule has 0 unspecified atom stereocenters. The molecular formula is C16H16BrN3O5. The monoisotopic (exact) mass is 409 g/mol. The molecule has 1 aromatic heterocycles. The van der Waals surface area contributed by atoms with Gasteiger partial charge in [0.05, 0.1) is 12.8 Å². The third-order valence-electron chi connectivity index (χ3n) is 3.47. The summed E-state index contributed by atoms with van der Waals surface area (Å²) in [6, 6.07) is 6.53. The zero-order chi connectivity index (χ0) is 18.7. The van der Waals surface area contributed by atoms with E-state index >= 15 is 0 Å². The van der Waals surface area contributed by atoms with Crippen LogP contribution in [-0.4, -0.2) is 34.0 Å². The van der Waals surface area contributed by atoms with E-state index in [0.717, 1.165) is 11.5 Å². The highest BCUT2D eigenvalue weighted by Crippen LogP contribution is 2.18. The molecule has 0 saturated carbocycles. The number of hydrogen-bond acceptors (Lipinski definition) is 5. The van der Waals surface area contributed by atoms with Gasteiger partial charge in [-0.25, -0.2) is 13.9 Å². The minimum Gasteiger partial charge on any atom is -0.497 e. The van der Waals surface area contributed by atoms with Gasteiger partial charge in [-0.05, 0) is 24.3 Å². The number of ether oxygens (including phenoxy) is 1. The van der Waals surface area contributed by atoms with Gasteiger partial charge in [-0.2, -0.15) is 0 Å². The van der Waals surface area contributed by atoms with Gasteiger partial charge in [-0.1, -0.05) is 15.9 Å². The number of imidazole rings is 1. The quantitative estimate of drug-likeness (QED) is 0.779. The fourth-order valence-electron chi connectivity index (χ4n) is 2.38. The molecule has 9 heteroatoms. The Bertz CT molecular complexity index is 896. The third kappa shape index (κ3) is 3.55. The molecule has 8 nitrogen and oxygen atoms in total. The summed E-state index contributed by atoms with van der Waals surface area (Å²) in [5.74, 6) is -1.31. The average molecular weight is 410 g/mol. The lowest BCUT2D eigenvalue weighted by molar-refractivity contribution is 0.0903. The molecule has 0 atom stereocenters. The lowest BCUT2D eigenvalue weighted by Crippen LogP contribution is -2.32. The number of methoxy groups -OCH3 is 1. The van der Waals surface area contributed by atoms with Crippen LogP contribution in [0.15, 0.2) is 29.1 Å². The number of nitrogens with zero attached hydrogens (tertiary/aromatic N) is 2. The van der Waals surface area contributed by atoms with Crippen molar-refractivity contribution in [3.8, 4) is 5.75 Å². The van der Waals surface area contributed by atoms with E-state index in [1.165, 1.54) is 14.0 Å². The first-order valence-corrected chi connectivity index (χ1v) is 8.33. The van der Waals surface area contributed by atoms with E-state index in [1.807, 2.05) is 0 Å². The van der Waals surface area contributed by atoms with E-state index in [-0.39, 0.29) is 16.7 Å². The van der Waals surface area contributed by atoms with Crippen LogP contribution in [0.25, 0.3) is 0 Å². The molecule has 2 aromatic rings. The largest absolute Gasteiger partial charge is 0.497 e. The molecule has 0 aliphatic heterocycles. The van der Waals surface area contributed by atoms with Gasteiger partial charge < -0.3 is 10.1 Å². The Balaban J connectivity index is 2.54. The molecular weight excluding hydrogens is 394 g/mol. The van der Waals surface area contributed by atoms with Crippen molar-refractivity contribution in [2.75, 3.05) is 12.4 Å². The number of carbonyl (C=O) groups excluding carboxylic acids is 3. The summed E-state index contributed by atoms with van der Waals surface area (Å²) >= 11 is 3.16. The van der Waals surface area contributed by atoms with Crippen LogP contribution in [0.3, 0.4) is 0 Å². The number of benzene rings is 1. The fraction of sp³-hybridized carbons (Fsp3) is 0.250. The van der Waals surface area contributed by atoms with Crippen LogP contribution in [0.4, 0.5) is 5.69 Å². The number of hydrogen-bond donors (Lipinski definition) is 1. The predicted molar refractivity (Wildman–Crippen MR) is 94.9 cm³/mol. The molecule has 1 aromatic carbocycles. The normalized spacial score (nSPS) is 10.4. The van der Waals surface area contributed by atoms with Gasteiger partial charge in [0.15, 0.2) is 0 Å². The molecule has 1 N–H and O–H groups in total. The SMILES string of the molecule is COc1ccc(NC(=O)c2c(CBr)n(C(C)=O)c(=O)n2C(C)=O)cc1. The number of anilines is 1. The number of halogens is 1. The molecule has 132 valence electrons. The van der Waals surface area contributed by atoms with Crippen molar-refractivity contribution in [1.82, 2.24) is 9.13 Å². The zero-order valence-corrected chi connectivity index (χ0v) is 15.4. The molecule has 1 amide bonds. The van der Waals surface area contributed by atoms with Crippen molar-refractivity contribution in [3.05, 3.63) is 46.1 Å². The number of nitrogens with one attached hydrogen (secondary N) is 1. The Morgan fingerprint density at radius 2 is 1.64 bits per heavy atom. The van der Waals surface area contributed by atoms with Crippen LogP contribution in [0.1, 0.15) is 39.6 Å². The number of carbonyl (C=O) groups is 3. The minimum atomic E-state index is -0.866. The number of rotatable bonds is 4. The zero-order valence-electron chi connectivity index (χ0n) is 13.8. The lowest BCUT2D eigenvalue weighted by atomic mass is 10.2. The second-order valence-corrected chi connectivity index (χ2v) is 5.66. The van der Waals surface area contributed by atoms with Gasteiger partial charge in [0.1, 0.15) is 11.4 Å². The minimum absolute atomic E-state index is 0.0491. The smallest absolute Gasteiger partial charge is 0.342 e. The maximum atomic E-state index is 12.7. The first-order chi connectivity index (χ1) is 11.8. The highest BCUT2D eigenvalue weighted by molar-refractivity contribution is 9.08. The second kappa shape index (κ2) is 7.47. The van der Waals surface area contributed by atoms with Crippen LogP contribution in [-0.2, 0) is 5.33 Å². The standard InChI is InChI=1S/C16H16BrN3O5/c1-9(21)19-13(8-17)14(20(10(2)22)16(19)24)15(23)18-11-4-6-12(25-3)7-5-11/h4-7H,8H2,1-3H3,(H,18,23). The van der Waals surface area contributed by atoms with Gasteiger partial charge in [-0.15, -0.1) is 0 Å². The maximum Gasteiger partial charge on any atom is 0.342 e. The van der Waals surface area contributed by atoms with Crippen LogP contribution in [0.5, 0.6) is 5.75 Å². The number of amides is 1. The van der Waals surface area contributed by atoms with Gasteiger partial charge in [-0.3, -0.25) is 14.4 Å². The first kappa shape index (κ1) is 18.7. The van der Waals surface area contributed by atoms with E-state index in [1.54, 1.807) is 24.3 Å². The van der Waals surface area contributed by atoms with Crippen molar-refractivity contribution in [3.63, 3.8) is 0 Å². The van der Waals surface area contributed by atoms with E-state index in [9.17, 15) is 19.2 Å². The summed E-state index contributed by atoms with van der Waals surface area (Å²) < 4.78 is 6.54. The highest BCUT2D eigenvalue weighted by atomic mass is 79.9. The topological polar surface area (TPSA) is 99.4 Å². The molecule has 0 radical (unpaired) electrons. The number of aromatic nitrogens is 2. The van der Waals surface area contributed by atoms with Crippen LogP contribution < -0.4 is 15.7 Å². The van der Waals surface area contributed by atoms with Crippen molar-refractivity contribution < 1.29 is 19.1 Å². The summed E-state index contributed by atoms with van der Waals surface area (Å²) in [5.41, 5.74) is -0.488. The highest BCUT2D eigenvalue weighted by Gasteiger charge is 2.28. The number of alkyl halides is 1. The fourth-order valence-corrected chi connectivity index (χ4v) is 2.90. The van der Waals surface area contributed by atoms with Crippen molar-refractivity contribution >= 4 is 39.3 Å². The van der Waals surface area contributed by atoms with Crippen molar-refractivity contribution in [2.45, 2.75) is 19.2 Å². The molecule has 0 saturated heterocycles. The van der Waals surface area contributed by atoms with Crippen molar-refractivity contribution in [1.29, 1.82) is 0 Å². The molecule has 1 heterocycles. The predicted octanol–water partition coefficient (Wildman–Crippen LogP) is 2.13. The molecule has 0 aliphatic carbocycles. The van der Waals surface area contributed by atoms with Crippen LogP contribution in [0.2, 0.25) is 0 Å².